The Bertz CT molecular complexity index is 737. The highest BCUT2D eigenvalue weighted by atomic mass is 16.6. The van der Waals surface area contributed by atoms with Crippen LogP contribution < -0.4 is 9.84 Å². The number of ether oxygens (including phenoxy) is 1. The molecule has 24 heavy (non-hydrogen) atoms. The summed E-state index contributed by atoms with van der Waals surface area (Å²) in [5.74, 6) is 0.353. The molecule has 0 heterocycles. The third-order valence-corrected chi connectivity index (χ3v) is 3.42. The second kappa shape index (κ2) is 7.10. The Morgan fingerprint density at radius 3 is 2.21 bits per heavy atom. The van der Waals surface area contributed by atoms with Crippen LogP contribution in [0.2, 0.25) is 0 Å². The topological polar surface area (TPSA) is 87.8 Å². The van der Waals surface area contributed by atoms with Crippen molar-refractivity contribution in [2.75, 3.05) is 21.2 Å². The Morgan fingerprint density at radius 2 is 1.71 bits per heavy atom. The Morgan fingerprint density at radius 1 is 1.12 bits per heavy atom. The van der Waals surface area contributed by atoms with E-state index in [1.807, 2.05) is 38.4 Å². The lowest BCUT2D eigenvalue weighted by Crippen LogP contribution is -2.36. The number of hydrogen-bond donors (Lipinski definition) is 0. The second-order valence-corrected chi connectivity index (χ2v) is 5.84. The summed E-state index contributed by atoms with van der Waals surface area (Å²) in [6, 6.07) is 13.0. The second-order valence-electron chi connectivity index (χ2n) is 5.84. The van der Waals surface area contributed by atoms with E-state index in [1.165, 1.54) is 24.3 Å². The zero-order valence-corrected chi connectivity index (χ0v) is 13.8. The average molecular weight is 329 g/mol. The smallest absolute Gasteiger partial charge is 0.269 e. The van der Waals surface area contributed by atoms with Gasteiger partial charge in [0.25, 0.3) is 5.69 Å². The van der Waals surface area contributed by atoms with Crippen molar-refractivity contribution in [1.29, 1.82) is 0 Å². The van der Waals surface area contributed by atoms with Crippen LogP contribution in [-0.2, 0) is 6.54 Å². The van der Waals surface area contributed by atoms with E-state index in [-0.39, 0.29) is 10.3 Å². The maximum Gasteiger partial charge on any atom is 0.269 e. The van der Waals surface area contributed by atoms with Gasteiger partial charge in [0.2, 0.25) is 0 Å². The molecule has 7 nitrogen and oxygen atoms in total. The Kier molecular flexibility index (Phi) is 5.15. The van der Waals surface area contributed by atoms with Gasteiger partial charge in [-0.1, -0.05) is 5.10 Å². The van der Waals surface area contributed by atoms with Gasteiger partial charge in [-0.05, 0) is 42.0 Å². The number of quaternary nitrogens is 1. The molecule has 0 aliphatic carbocycles. The monoisotopic (exact) mass is 329 g/mol. The van der Waals surface area contributed by atoms with Gasteiger partial charge in [-0.15, -0.1) is 0 Å². The van der Waals surface area contributed by atoms with Crippen molar-refractivity contribution >= 4 is 11.6 Å². The molecule has 0 saturated carbocycles. The van der Waals surface area contributed by atoms with Crippen LogP contribution in [0.5, 0.6) is 5.75 Å². The maximum atomic E-state index is 12.3. The highest BCUT2D eigenvalue weighted by molar-refractivity contribution is 5.90. The molecular formula is C17H19N3O4. The number of benzene rings is 2. The molecule has 126 valence electrons. The standard InChI is InChI=1S/C17H19N3O4/c1-20(2,12-13-4-10-16(24-3)11-5-13)18-17(21)14-6-8-15(9-7-14)19(22)23/h4-11H,12H2,1-3H3. The zero-order chi connectivity index (χ0) is 17.7. The van der Waals surface area contributed by atoms with Gasteiger partial charge >= 0.3 is 0 Å². The molecule has 2 aromatic rings. The molecule has 0 atom stereocenters. The number of non-ortho nitro benzene ring substituents is 1. The summed E-state index contributed by atoms with van der Waals surface area (Å²) in [5, 5.41) is 27.1. The molecular weight excluding hydrogens is 310 g/mol. The molecule has 0 aliphatic rings. The first-order chi connectivity index (χ1) is 11.3. The maximum absolute atomic E-state index is 12.3. The summed E-state index contributed by atoms with van der Waals surface area (Å²) >= 11 is 0. The van der Waals surface area contributed by atoms with Crippen molar-refractivity contribution in [1.82, 2.24) is 0 Å². The van der Waals surface area contributed by atoms with Crippen LogP contribution in [0, 0.1) is 10.1 Å². The highest BCUT2D eigenvalue weighted by Crippen LogP contribution is 2.16. The minimum Gasteiger partial charge on any atom is -0.855 e. The molecule has 0 fully saturated rings. The van der Waals surface area contributed by atoms with E-state index < -0.39 is 10.8 Å². The van der Waals surface area contributed by atoms with Gasteiger partial charge < -0.3 is 9.84 Å². The van der Waals surface area contributed by atoms with Gasteiger partial charge in [-0.3, -0.25) is 10.1 Å². The van der Waals surface area contributed by atoms with Gasteiger partial charge in [0.1, 0.15) is 12.3 Å². The van der Waals surface area contributed by atoms with Crippen molar-refractivity contribution in [3.05, 3.63) is 69.8 Å². The summed E-state index contributed by atoms with van der Waals surface area (Å²) in [6.07, 6.45) is 0. The fourth-order valence-electron chi connectivity index (χ4n) is 2.24. The lowest BCUT2D eigenvalue weighted by Gasteiger charge is -2.25. The van der Waals surface area contributed by atoms with Crippen LogP contribution >= 0.6 is 0 Å². The van der Waals surface area contributed by atoms with E-state index in [0.29, 0.717) is 12.1 Å². The quantitative estimate of drug-likeness (QED) is 0.266. The van der Waals surface area contributed by atoms with E-state index in [1.54, 1.807) is 7.11 Å². The summed E-state index contributed by atoms with van der Waals surface area (Å²) in [4.78, 5) is 10.1. The van der Waals surface area contributed by atoms with Gasteiger partial charge in [0, 0.05) is 17.7 Å². The minimum atomic E-state index is -0.505. The SMILES string of the molecule is COc1ccc(C[N+](C)(C)/N=C(\[O-])c2ccc([N+](=O)[O-])cc2)cc1. The number of hydrogen-bond acceptors (Lipinski definition) is 5. The third kappa shape index (κ3) is 4.53. The largest absolute Gasteiger partial charge is 0.855 e. The molecule has 0 unspecified atom stereocenters. The van der Waals surface area contributed by atoms with Crippen LogP contribution in [0.4, 0.5) is 5.69 Å². The van der Waals surface area contributed by atoms with Crippen LogP contribution in [0.3, 0.4) is 0 Å². The molecule has 2 rings (SSSR count). The predicted molar refractivity (Wildman–Crippen MR) is 88.4 cm³/mol. The Hall–Kier alpha value is -2.93. The van der Waals surface area contributed by atoms with Gasteiger partial charge in [-0.2, -0.15) is 4.59 Å². The normalized spacial score (nSPS) is 12.0. The molecule has 0 radical (unpaired) electrons. The van der Waals surface area contributed by atoms with E-state index in [2.05, 4.69) is 5.10 Å². The van der Waals surface area contributed by atoms with Gasteiger partial charge in [0.15, 0.2) is 0 Å². The van der Waals surface area contributed by atoms with Crippen molar-refractivity contribution in [2.45, 2.75) is 6.54 Å². The fraction of sp³-hybridized carbons (Fsp3) is 0.235. The molecule has 0 N–H and O–H groups in total. The Balaban J connectivity index is 2.15. The minimum absolute atomic E-state index is 0.0569. The van der Waals surface area contributed by atoms with E-state index in [4.69, 9.17) is 4.74 Å². The lowest BCUT2D eigenvalue weighted by molar-refractivity contribution is -0.911. The predicted octanol–water partition coefficient (Wildman–Crippen LogP) is 1.90. The van der Waals surface area contributed by atoms with Crippen molar-refractivity contribution in [3.63, 3.8) is 0 Å². The van der Waals surface area contributed by atoms with Crippen LogP contribution in [0.15, 0.2) is 53.6 Å². The van der Waals surface area contributed by atoms with Crippen molar-refractivity contribution in [2.24, 2.45) is 5.10 Å². The van der Waals surface area contributed by atoms with Crippen molar-refractivity contribution < 1.29 is 19.4 Å². The molecule has 2 aromatic carbocycles. The zero-order valence-electron chi connectivity index (χ0n) is 13.8. The first-order valence-corrected chi connectivity index (χ1v) is 7.29. The molecule has 0 aliphatic heterocycles. The molecule has 0 aromatic heterocycles. The van der Waals surface area contributed by atoms with Crippen molar-refractivity contribution in [3.8, 4) is 5.75 Å². The lowest BCUT2D eigenvalue weighted by atomic mass is 10.2. The van der Waals surface area contributed by atoms with Crippen LogP contribution in [0.1, 0.15) is 11.1 Å². The van der Waals surface area contributed by atoms with E-state index >= 15 is 0 Å². The first-order valence-electron chi connectivity index (χ1n) is 7.29. The molecule has 7 heteroatoms. The summed E-state index contributed by atoms with van der Waals surface area (Å²) in [6.45, 7) is 0.530. The Labute approximate surface area is 140 Å². The molecule has 0 saturated heterocycles. The highest BCUT2D eigenvalue weighted by Gasteiger charge is 2.15. The van der Waals surface area contributed by atoms with E-state index in [0.717, 1.165) is 11.3 Å². The van der Waals surface area contributed by atoms with E-state index in [9.17, 15) is 15.2 Å². The summed E-state index contributed by atoms with van der Waals surface area (Å²) in [7, 11) is 5.23. The van der Waals surface area contributed by atoms with Gasteiger partial charge in [-0.25, -0.2) is 0 Å². The van der Waals surface area contributed by atoms with Crippen LogP contribution in [0.25, 0.3) is 0 Å². The molecule has 0 spiro atoms. The first kappa shape index (κ1) is 17.4. The number of nitro benzene ring substituents is 1. The average Bonchev–Trinajstić information content (AvgIpc) is 2.54. The number of methoxy groups -OCH3 is 1. The third-order valence-electron chi connectivity index (χ3n) is 3.42. The number of rotatable bonds is 6. The van der Waals surface area contributed by atoms with Gasteiger partial charge in [0.05, 0.1) is 32.0 Å². The molecule has 0 amide bonds. The molecule has 0 bridgehead atoms. The van der Waals surface area contributed by atoms with Crippen LogP contribution in [-0.4, -0.2) is 36.6 Å². The summed E-state index contributed by atoms with van der Waals surface area (Å²) in [5.41, 5.74) is 1.28. The number of nitro groups is 1. The summed E-state index contributed by atoms with van der Waals surface area (Å²) < 4.78 is 5.23. The fourth-order valence-corrected chi connectivity index (χ4v) is 2.24. The number of nitrogens with zero attached hydrogens (tertiary/aromatic N) is 3.